The second kappa shape index (κ2) is 4.54. The van der Waals surface area contributed by atoms with Crippen LogP contribution < -0.4 is 10.5 Å². The SMILES string of the molecule is NCc1cn[nH]c1S(=O)(=O)NC12CC3CC(CC(C3)C1)C2. The van der Waals surface area contributed by atoms with Crippen molar-refractivity contribution in [3.8, 4) is 0 Å². The van der Waals surface area contributed by atoms with E-state index >= 15 is 0 Å². The Morgan fingerprint density at radius 2 is 1.81 bits per heavy atom. The highest BCUT2D eigenvalue weighted by atomic mass is 32.2. The van der Waals surface area contributed by atoms with Crippen LogP contribution in [0.1, 0.15) is 44.1 Å². The van der Waals surface area contributed by atoms with Crippen molar-refractivity contribution in [3.63, 3.8) is 0 Å². The molecule has 4 saturated carbocycles. The van der Waals surface area contributed by atoms with Crippen molar-refractivity contribution in [1.29, 1.82) is 0 Å². The first kappa shape index (κ1) is 13.7. The lowest BCUT2D eigenvalue weighted by Crippen LogP contribution is -2.59. The Hall–Kier alpha value is -0.920. The molecule has 0 radical (unpaired) electrons. The first-order chi connectivity index (χ1) is 10.00. The highest BCUT2D eigenvalue weighted by Gasteiger charge is 2.52. The lowest BCUT2D eigenvalue weighted by Gasteiger charge is -2.56. The number of nitrogens with two attached hydrogens (primary N) is 1. The molecule has 4 N–H and O–H groups in total. The van der Waals surface area contributed by atoms with Crippen LogP contribution in [0.15, 0.2) is 11.2 Å². The maximum Gasteiger partial charge on any atom is 0.258 e. The maximum atomic E-state index is 12.7. The molecule has 0 saturated heterocycles. The molecule has 0 spiro atoms. The van der Waals surface area contributed by atoms with Gasteiger partial charge in [0.2, 0.25) is 0 Å². The predicted molar refractivity (Wildman–Crippen MR) is 77.7 cm³/mol. The summed E-state index contributed by atoms with van der Waals surface area (Å²) in [5.41, 5.74) is 5.92. The van der Waals surface area contributed by atoms with Gasteiger partial charge in [-0.1, -0.05) is 0 Å². The van der Waals surface area contributed by atoms with Crippen LogP contribution in [-0.4, -0.2) is 24.2 Å². The normalized spacial score (nSPS) is 38.0. The van der Waals surface area contributed by atoms with Crippen molar-refractivity contribution in [3.05, 3.63) is 11.8 Å². The monoisotopic (exact) mass is 310 g/mol. The third-order valence-electron chi connectivity index (χ3n) is 5.56. The fourth-order valence-electron chi connectivity index (χ4n) is 5.25. The summed E-state index contributed by atoms with van der Waals surface area (Å²) >= 11 is 0. The number of aromatic amines is 1. The van der Waals surface area contributed by atoms with E-state index in [2.05, 4.69) is 14.9 Å². The van der Waals surface area contributed by atoms with Crippen LogP contribution in [0, 0.1) is 17.8 Å². The van der Waals surface area contributed by atoms with E-state index in [4.69, 9.17) is 5.73 Å². The van der Waals surface area contributed by atoms with Gasteiger partial charge in [-0.2, -0.15) is 5.10 Å². The Kier molecular flexibility index (Phi) is 2.96. The van der Waals surface area contributed by atoms with Gasteiger partial charge in [-0.15, -0.1) is 0 Å². The van der Waals surface area contributed by atoms with Gasteiger partial charge in [0.05, 0.1) is 6.20 Å². The molecule has 4 aliphatic carbocycles. The standard InChI is InChI=1S/C14H22N4O2S/c15-7-12-8-16-17-13(12)21(19,20)18-14-4-9-1-10(5-14)3-11(2-9)6-14/h8-11,18H,1-7,15H2,(H,16,17). The molecule has 4 bridgehead atoms. The lowest BCUT2D eigenvalue weighted by atomic mass is 9.53. The van der Waals surface area contributed by atoms with Crippen LogP contribution in [0.3, 0.4) is 0 Å². The van der Waals surface area contributed by atoms with Crippen molar-refractivity contribution in [2.75, 3.05) is 0 Å². The number of hydrogen-bond acceptors (Lipinski definition) is 4. The zero-order chi connectivity index (χ0) is 14.7. The minimum absolute atomic E-state index is 0.140. The zero-order valence-electron chi connectivity index (χ0n) is 12.0. The second-order valence-electron chi connectivity index (χ2n) is 7.23. The summed E-state index contributed by atoms with van der Waals surface area (Å²) in [5, 5.41) is 6.57. The molecule has 1 aromatic heterocycles. The third-order valence-corrected chi connectivity index (χ3v) is 7.15. The molecule has 7 heteroatoms. The van der Waals surface area contributed by atoms with E-state index in [1.165, 1.54) is 25.5 Å². The number of hydrogen-bond donors (Lipinski definition) is 3. The number of nitrogens with zero attached hydrogens (tertiary/aromatic N) is 1. The molecule has 4 fully saturated rings. The first-order valence-electron chi connectivity index (χ1n) is 7.76. The molecule has 0 aliphatic heterocycles. The van der Waals surface area contributed by atoms with Gasteiger partial charge in [-0.3, -0.25) is 5.10 Å². The van der Waals surface area contributed by atoms with Crippen molar-refractivity contribution in [2.45, 2.75) is 55.6 Å². The molecule has 4 aliphatic rings. The van der Waals surface area contributed by atoms with Gasteiger partial charge >= 0.3 is 0 Å². The zero-order valence-corrected chi connectivity index (χ0v) is 12.8. The van der Waals surface area contributed by atoms with Gasteiger partial charge in [0.1, 0.15) is 0 Å². The van der Waals surface area contributed by atoms with Gasteiger partial charge in [0.15, 0.2) is 5.03 Å². The van der Waals surface area contributed by atoms with E-state index in [-0.39, 0.29) is 17.1 Å². The third kappa shape index (κ3) is 2.22. The maximum absolute atomic E-state index is 12.7. The van der Waals surface area contributed by atoms with Crippen LogP contribution in [-0.2, 0) is 16.6 Å². The molecule has 6 nitrogen and oxygen atoms in total. The van der Waals surface area contributed by atoms with Gasteiger partial charge in [0.25, 0.3) is 10.0 Å². The van der Waals surface area contributed by atoms with Crippen molar-refractivity contribution in [1.82, 2.24) is 14.9 Å². The summed E-state index contributed by atoms with van der Waals surface area (Å²) in [6, 6.07) is 0. The summed E-state index contributed by atoms with van der Waals surface area (Å²) in [5.74, 6) is 2.11. The first-order valence-corrected chi connectivity index (χ1v) is 9.24. The molecular formula is C14H22N4O2S. The average Bonchev–Trinajstić information content (AvgIpc) is 2.84. The van der Waals surface area contributed by atoms with E-state index in [1.54, 1.807) is 0 Å². The largest absolute Gasteiger partial charge is 0.326 e. The summed E-state index contributed by atoms with van der Waals surface area (Å²) in [4.78, 5) is 0. The van der Waals surface area contributed by atoms with Gasteiger partial charge in [-0.05, 0) is 56.3 Å². The summed E-state index contributed by atoms with van der Waals surface area (Å²) in [6.07, 6.45) is 8.34. The number of rotatable bonds is 4. The van der Waals surface area contributed by atoms with E-state index in [9.17, 15) is 8.42 Å². The summed E-state index contributed by atoms with van der Waals surface area (Å²) in [7, 11) is -3.57. The number of H-pyrrole nitrogens is 1. The Morgan fingerprint density at radius 3 is 2.33 bits per heavy atom. The van der Waals surface area contributed by atoms with E-state index in [0.717, 1.165) is 19.3 Å². The Bertz CT molecular complexity index is 616. The van der Waals surface area contributed by atoms with Crippen molar-refractivity contribution >= 4 is 10.0 Å². The Balaban J connectivity index is 1.63. The number of sulfonamides is 1. The smallest absolute Gasteiger partial charge is 0.258 e. The lowest BCUT2D eigenvalue weighted by molar-refractivity contribution is -0.00813. The van der Waals surface area contributed by atoms with Crippen molar-refractivity contribution < 1.29 is 8.42 Å². The van der Waals surface area contributed by atoms with Crippen LogP contribution in [0.5, 0.6) is 0 Å². The average molecular weight is 310 g/mol. The molecule has 0 amide bonds. The van der Waals surface area contributed by atoms with Crippen LogP contribution >= 0.6 is 0 Å². The van der Waals surface area contributed by atoms with E-state index in [0.29, 0.717) is 23.3 Å². The highest BCUT2D eigenvalue weighted by Crippen LogP contribution is 2.55. The van der Waals surface area contributed by atoms with Crippen LogP contribution in [0.4, 0.5) is 0 Å². The summed E-state index contributed by atoms with van der Waals surface area (Å²) < 4.78 is 28.5. The van der Waals surface area contributed by atoms with Crippen LogP contribution in [0.25, 0.3) is 0 Å². The van der Waals surface area contributed by atoms with Gasteiger partial charge < -0.3 is 5.73 Å². The van der Waals surface area contributed by atoms with E-state index in [1.807, 2.05) is 0 Å². The van der Waals surface area contributed by atoms with Crippen LogP contribution in [0.2, 0.25) is 0 Å². The molecule has 0 unspecified atom stereocenters. The second-order valence-corrected chi connectivity index (χ2v) is 8.85. The number of aromatic nitrogens is 2. The van der Waals surface area contributed by atoms with Gasteiger partial charge in [-0.25, -0.2) is 13.1 Å². The fraction of sp³-hybridized carbons (Fsp3) is 0.786. The molecule has 116 valence electrons. The summed E-state index contributed by atoms with van der Waals surface area (Å²) in [6.45, 7) is 0.174. The number of nitrogens with one attached hydrogen (secondary N) is 2. The quantitative estimate of drug-likeness (QED) is 0.775. The minimum Gasteiger partial charge on any atom is -0.326 e. The molecule has 21 heavy (non-hydrogen) atoms. The minimum atomic E-state index is -3.57. The Labute approximate surface area is 124 Å². The Morgan fingerprint density at radius 1 is 1.24 bits per heavy atom. The fourth-order valence-corrected chi connectivity index (χ4v) is 6.83. The molecule has 1 heterocycles. The van der Waals surface area contributed by atoms with Crippen molar-refractivity contribution in [2.24, 2.45) is 23.5 Å². The molecule has 0 aromatic carbocycles. The molecule has 0 atom stereocenters. The predicted octanol–water partition coefficient (Wildman–Crippen LogP) is 1.12. The topological polar surface area (TPSA) is 101 Å². The highest BCUT2D eigenvalue weighted by molar-refractivity contribution is 7.89. The van der Waals surface area contributed by atoms with Gasteiger partial charge in [0, 0.05) is 17.6 Å². The molecule has 1 aromatic rings. The molecular weight excluding hydrogens is 288 g/mol. The molecule has 5 rings (SSSR count). The van der Waals surface area contributed by atoms with E-state index < -0.39 is 10.0 Å².